The monoisotopic (exact) mass is 428 g/mol. The SMILES string of the molecule is COc1ccc(CCNC(=O)c2cc3c(N4CCCC4)nc(SC)nc3s2)cc1. The highest BCUT2D eigenvalue weighted by Gasteiger charge is 2.21. The van der Waals surface area contributed by atoms with Crippen molar-refractivity contribution < 1.29 is 9.53 Å². The first kappa shape index (κ1) is 20.0. The van der Waals surface area contributed by atoms with Crippen molar-refractivity contribution >= 4 is 45.0 Å². The van der Waals surface area contributed by atoms with Gasteiger partial charge in [-0.3, -0.25) is 4.79 Å². The second-order valence-electron chi connectivity index (χ2n) is 6.91. The average Bonchev–Trinajstić information content (AvgIpc) is 3.43. The van der Waals surface area contributed by atoms with Gasteiger partial charge in [0.2, 0.25) is 0 Å². The lowest BCUT2D eigenvalue weighted by atomic mass is 10.1. The van der Waals surface area contributed by atoms with Crippen LogP contribution in [0.5, 0.6) is 5.75 Å². The van der Waals surface area contributed by atoms with Crippen molar-refractivity contribution in [3.8, 4) is 5.75 Å². The number of ether oxygens (including phenoxy) is 1. The lowest BCUT2D eigenvalue weighted by Gasteiger charge is -2.17. The summed E-state index contributed by atoms with van der Waals surface area (Å²) in [5, 5.41) is 4.77. The Kier molecular flexibility index (Phi) is 6.20. The minimum atomic E-state index is -0.0559. The molecule has 2 aromatic heterocycles. The summed E-state index contributed by atoms with van der Waals surface area (Å²) in [5.74, 6) is 1.74. The van der Waals surface area contributed by atoms with Gasteiger partial charge in [0, 0.05) is 19.6 Å². The summed E-state index contributed by atoms with van der Waals surface area (Å²) in [6.45, 7) is 2.61. The van der Waals surface area contributed by atoms with E-state index in [1.165, 1.54) is 35.9 Å². The zero-order valence-corrected chi connectivity index (χ0v) is 18.2. The molecule has 3 aromatic rings. The van der Waals surface area contributed by atoms with E-state index in [1.807, 2.05) is 36.6 Å². The Morgan fingerprint density at radius 2 is 2.00 bits per heavy atom. The maximum Gasteiger partial charge on any atom is 0.261 e. The molecule has 1 aliphatic heterocycles. The molecule has 0 bridgehead atoms. The molecule has 0 spiro atoms. The Labute approximate surface area is 178 Å². The van der Waals surface area contributed by atoms with Crippen molar-refractivity contribution in [1.29, 1.82) is 0 Å². The summed E-state index contributed by atoms with van der Waals surface area (Å²) < 4.78 is 5.18. The molecule has 0 atom stereocenters. The fraction of sp³-hybridized carbons (Fsp3) is 0.381. The van der Waals surface area contributed by atoms with E-state index < -0.39 is 0 Å². The molecule has 3 heterocycles. The number of fused-ring (bicyclic) bond motifs is 1. The minimum Gasteiger partial charge on any atom is -0.497 e. The zero-order valence-electron chi connectivity index (χ0n) is 16.6. The van der Waals surface area contributed by atoms with Crippen LogP contribution in [0.4, 0.5) is 5.82 Å². The fourth-order valence-corrected chi connectivity index (χ4v) is 4.82. The smallest absolute Gasteiger partial charge is 0.261 e. The number of carbonyl (C=O) groups excluding carboxylic acids is 1. The summed E-state index contributed by atoms with van der Waals surface area (Å²) in [5.41, 5.74) is 1.16. The molecule has 1 aliphatic rings. The van der Waals surface area contributed by atoms with Crippen molar-refractivity contribution in [3.63, 3.8) is 0 Å². The van der Waals surface area contributed by atoms with Gasteiger partial charge in [-0.1, -0.05) is 23.9 Å². The second-order valence-corrected chi connectivity index (χ2v) is 8.72. The number of hydrogen-bond donors (Lipinski definition) is 1. The van der Waals surface area contributed by atoms with Crippen LogP contribution in [0.2, 0.25) is 0 Å². The third kappa shape index (κ3) is 4.48. The quantitative estimate of drug-likeness (QED) is 0.453. The summed E-state index contributed by atoms with van der Waals surface area (Å²) in [7, 11) is 1.65. The summed E-state index contributed by atoms with van der Waals surface area (Å²) in [6, 6.07) is 9.86. The first-order valence-electron chi connectivity index (χ1n) is 9.69. The van der Waals surface area contributed by atoms with Gasteiger partial charge < -0.3 is 15.0 Å². The molecule has 0 aliphatic carbocycles. The molecule has 1 N–H and O–H groups in total. The molecule has 0 saturated carbocycles. The van der Waals surface area contributed by atoms with Crippen LogP contribution in [-0.4, -0.2) is 48.9 Å². The van der Waals surface area contributed by atoms with Crippen molar-refractivity contribution in [2.45, 2.75) is 24.4 Å². The van der Waals surface area contributed by atoms with Crippen LogP contribution in [0.15, 0.2) is 35.5 Å². The van der Waals surface area contributed by atoms with E-state index >= 15 is 0 Å². The summed E-state index contributed by atoms with van der Waals surface area (Å²) >= 11 is 2.98. The number of hydrogen-bond acceptors (Lipinski definition) is 7. The molecule has 152 valence electrons. The molecule has 1 amide bonds. The number of methoxy groups -OCH3 is 1. The molecule has 6 nitrogen and oxygen atoms in total. The van der Waals surface area contributed by atoms with Gasteiger partial charge in [0.1, 0.15) is 16.4 Å². The van der Waals surface area contributed by atoms with E-state index in [2.05, 4.69) is 15.2 Å². The largest absolute Gasteiger partial charge is 0.497 e. The normalized spacial score (nSPS) is 13.8. The predicted molar refractivity (Wildman–Crippen MR) is 120 cm³/mol. The Bertz CT molecular complexity index is 998. The Morgan fingerprint density at radius 1 is 1.24 bits per heavy atom. The Balaban J connectivity index is 1.47. The number of nitrogens with one attached hydrogen (secondary N) is 1. The number of nitrogens with zero attached hydrogens (tertiary/aromatic N) is 3. The van der Waals surface area contributed by atoms with Gasteiger partial charge >= 0.3 is 0 Å². The van der Waals surface area contributed by atoms with Gasteiger partial charge in [-0.2, -0.15) is 0 Å². The molecule has 4 rings (SSSR count). The molecule has 1 saturated heterocycles. The maximum absolute atomic E-state index is 12.7. The number of anilines is 1. The van der Waals surface area contributed by atoms with Crippen LogP contribution in [-0.2, 0) is 6.42 Å². The van der Waals surface area contributed by atoms with E-state index in [9.17, 15) is 4.79 Å². The molecule has 29 heavy (non-hydrogen) atoms. The summed E-state index contributed by atoms with van der Waals surface area (Å²) in [6.07, 6.45) is 5.12. The molecular weight excluding hydrogens is 404 g/mol. The molecule has 0 unspecified atom stereocenters. The van der Waals surface area contributed by atoms with E-state index in [4.69, 9.17) is 9.72 Å². The number of carbonyl (C=O) groups is 1. The van der Waals surface area contributed by atoms with E-state index in [0.29, 0.717) is 11.4 Å². The third-order valence-electron chi connectivity index (χ3n) is 5.02. The van der Waals surface area contributed by atoms with E-state index in [1.54, 1.807) is 7.11 Å². The number of aromatic nitrogens is 2. The van der Waals surface area contributed by atoms with Crippen LogP contribution in [0.3, 0.4) is 0 Å². The zero-order chi connectivity index (χ0) is 20.2. The molecule has 8 heteroatoms. The van der Waals surface area contributed by atoms with E-state index in [-0.39, 0.29) is 5.91 Å². The first-order chi connectivity index (χ1) is 14.2. The number of benzene rings is 1. The lowest BCUT2D eigenvalue weighted by molar-refractivity contribution is 0.0958. The predicted octanol–water partition coefficient (Wildman–Crippen LogP) is 3.99. The van der Waals surface area contributed by atoms with Crippen molar-refractivity contribution in [3.05, 3.63) is 40.8 Å². The fourth-order valence-electron chi connectivity index (χ4n) is 3.46. The van der Waals surface area contributed by atoms with Crippen molar-refractivity contribution in [2.75, 3.05) is 37.9 Å². The molecular formula is C21H24N4O2S2. The standard InChI is InChI=1S/C21H24N4O2S2/c1-27-15-7-5-14(6-8-15)9-10-22-19(26)17-13-16-18(25-11-3-4-12-25)23-21(28-2)24-20(16)29-17/h5-8,13H,3-4,9-12H2,1-2H3,(H,22,26). The first-order valence-corrected chi connectivity index (χ1v) is 11.7. The Morgan fingerprint density at radius 3 is 2.69 bits per heavy atom. The number of rotatable bonds is 7. The molecule has 1 fully saturated rings. The highest BCUT2D eigenvalue weighted by molar-refractivity contribution is 7.98. The van der Waals surface area contributed by atoms with Gasteiger partial charge in [0.25, 0.3) is 5.91 Å². The Hall–Kier alpha value is -2.32. The van der Waals surface area contributed by atoms with Gasteiger partial charge in [-0.05, 0) is 49.3 Å². The summed E-state index contributed by atoms with van der Waals surface area (Å²) in [4.78, 5) is 25.9. The molecule has 0 radical (unpaired) electrons. The number of thiophene rings is 1. The van der Waals surface area contributed by atoms with Gasteiger partial charge in [0.15, 0.2) is 5.16 Å². The lowest BCUT2D eigenvalue weighted by Crippen LogP contribution is -2.24. The van der Waals surface area contributed by atoms with Crippen LogP contribution in [0.1, 0.15) is 28.1 Å². The second kappa shape index (κ2) is 9.00. The van der Waals surface area contributed by atoms with Crippen LogP contribution in [0.25, 0.3) is 10.2 Å². The van der Waals surface area contributed by atoms with Gasteiger partial charge in [-0.25, -0.2) is 9.97 Å². The average molecular weight is 429 g/mol. The van der Waals surface area contributed by atoms with Gasteiger partial charge in [-0.15, -0.1) is 11.3 Å². The highest BCUT2D eigenvalue weighted by atomic mass is 32.2. The number of thioether (sulfide) groups is 1. The van der Waals surface area contributed by atoms with Crippen molar-refractivity contribution in [2.24, 2.45) is 0 Å². The highest BCUT2D eigenvalue weighted by Crippen LogP contribution is 2.34. The topological polar surface area (TPSA) is 67.3 Å². The van der Waals surface area contributed by atoms with Gasteiger partial charge in [0.05, 0.1) is 17.4 Å². The minimum absolute atomic E-state index is 0.0559. The third-order valence-corrected chi connectivity index (χ3v) is 6.60. The van der Waals surface area contributed by atoms with Crippen LogP contribution >= 0.6 is 23.1 Å². The molecule has 1 aromatic carbocycles. The van der Waals surface area contributed by atoms with Crippen molar-refractivity contribution in [1.82, 2.24) is 15.3 Å². The van der Waals surface area contributed by atoms with Crippen LogP contribution < -0.4 is 15.0 Å². The maximum atomic E-state index is 12.7. The van der Waals surface area contributed by atoms with E-state index in [0.717, 1.165) is 52.0 Å². The van der Waals surface area contributed by atoms with Crippen LogP contribution in [0, 0.1) is 0 Å². The number of amides is 1.